The second-order valence-electron chi connectivity index (χ2n) is 7.31. The molecule has 126 valence electrons. The van der Waals surface area contributed by atoms with Gasteiger partial charge in [-0.15, -0.1) is 0 Å². The molecular weight excluding hydrogens is 312 g/mol. The summed E-state index contributed by atoms with van der Waals surface area (Å²) >= 11 is 0. The number of benzene rings is 2. The Bertz CT molecular complexity index is 770. The zero-order chi connectivity index (χ0) is 16.9. The monoisotopic (exact) mass is 332 g/mol. The van der Waals surface area contributed by atoms with Crippen LogP contribution in [-0.2, 0) is 27.1 Å². The Morgan fingerprint density at radius 2 is 1.36 bits per heavy atom. The Balaban J connectivity index is 1.57. The lowest BCUT2D eigenvalue weighted by Crippen LogP contribution is -2.45. The van der Waals surface area contributed by atoms with Crippen LogP contribution in [0, 0.1) is 11.8 Å². The molecule has 5 rings (SSSR count). The van der Waals surface area contributed by atoms with E-state index in [9.17, 15) is 4.79 Å². The van der Waals surface area contributed by atoms with E-state index in [0.29, 0.717) is 0 Å². The number of ether oxygens (including phenoxy) is 2. The molecule has 0 aromatic heterocycles. The molecule has 0 N–H and O–H groups in total. The third-order valence-electron chi connectivity index (χ3n) is 5.78. The van der Waals surface area contributed by atoms with Crippen molar-refractivity contribution in [2.45, 2.75) is 30.7 Å². The Morgan fingerprint density at radius 3 is 1.96 bits per heavy atom. The molecule has 25 heavy (non-hydrogen) atoms. The van der Waals surface area contributed by atoms with E-state index < -0.39 is 5.60 Å². The first kappa shape index (κ1) is 14.9. The highest BCUT2D eigenvalue weighted by Gasteiger charge is 2.65. The van der Waals surface area contributed by atoms with Gasteiger partial charge in [-0.1, -0.05) is 72.8 Å². The van der Waals surface area contributed by atoms with Crippen LogP contribution in [0.5, 0.6) is 0 Å². The summed E-state index contributed by atoms with van der Waals surface area (Å²) in [4.78, 5) is 12.7. The molecule has 0 amide bonds. The molecule has 2 fully saturated rings. The Labute approximate surface area is 147 Å². The summed E-state index contributed by atoms with van der Waals surface area (Å²) < 4.78 is 12.2. The van der Waals surface area contributed by atoms with Crippen molar-refractivity contribution in [3.05, 3.63) is 83.9 Å². The van der Waals surface area contributed by atoms with Gasteiger partial charge in [-0.25, -0.2) is 0 Å². The predicted octanol–water partition coefficient (Wildman–Crippen LogP) is 3.34. The molecule has 0 radical (unpaired) electrons. The van der Waals surface area contributed by atoms with Crippen LogP contribution in [-0.4, -0.2) is 23.8 Å². The summed E-state index contributed by atoms with van der Waals surface area (Å²) in [6.45, 7) is 0. The Hall–Kier alpha value is -2.39. The van der Waals surface area contributed by atoms with Crippen molar-refractivity contribution in [3.63, 3.8) is 0 Å². The smallest absolute Gasteiger partial charge is 0.313 e. The first-order valence-corrected chi connectivity index (χ1v) is 8.90. The lowest BCUT2D eigenvalue weighted by Gasteiger charge is -2.35. The van der Waals surface area contributed by atoms with Gasteiger partial charge < -0.3 is 9.47 Å². The van der Waals surface area contributed by atoms with Gasteiger partial charge in [0.15, 0.2) is 0 Å². The highest BCUT2D eigenvalue weighted by molar-refractivity contribution is 5.78. The van der Waals surface area contributed by atoms with E-state index in [1.165, 1.54) is 11.1 Å². The molecule has 3 nitrogen and oxygen atoms in total. The standard InChI is InChI=1S/C22H20O3/c23-21-19-17-11-12-18(24-17)20(19)22(25-21,13-15-7-3-1-4-8-15)14-16-9-5-2-6-10-16/h1-12,17-20H,13-14H2/t17-,18+,19-,20+/m1/s1. The molecular formula is C22H20O3. The van der Waals surface area contributed by atoms with Gasteiger partial charge >= 0.3 is 5.97 Å². The molecule has 0 spiro atoms. The highest BCUT2D eigenvalue weighted by atomic mass is 16.6. The summed E-state index contributed by atoms with van der Waals surface area (Å²) in [6, 6.07) is 20.6. The van der Waals surface area contributed by atoms with Crippen molar-refractivity contribution >= 4 is 5.97 Å². The fraction of sp³-hybridized carbons (Fsp3) is 0.318. The van der Waals surface area contributed by atoms with Gasteiger partial charge in [0.05, 0.1) is 18.1 Å². The molecule has 2 bridgehead atoms. The third-order valence-corrected chi connectivity index (χ3v) is 5.78. The minimum absolute atomic E-state index is 0.0196. The number of carbonyl (C=O) groups is 1. The quantitative estimate of drug-likeness (QED) is 0.636. The SMILES string of the molecule is O=C1OC(Cc2ccccc2)(Cc2ccccc2)[C@@H]2[C@H]1[C@H]1C=C[C@@H]2O1. The predicted molar refractivity (Wildman–Crippen MR) is 93.9 cm³/mol. The van der Waals surface area contributed by atoms with E-state index in [-0.39, 0.29) is 30.0 Å². The van der Waals surface area contributed by atoms with Crippen LogP contribution in [0.25, 0.3) is 0 Å². The van der Waals surface area contributed by atoms with E-state index in [0.717, 1.165) is 12.8 Å². The second kappa shape index (κ2) is 5.57. The molecule has 0 aliphatic carbocycles. The van der Waals surface area contributed by atoms with Crippen molar-refractivity contribution in [1.82, 2.24) is 0 Å². The van der Waals surface area contributed by atoms with E-state index >= 15 is 0 Å². The van der Waals surface area contributed by atoms with Crippen LogP contribution in [0.4, 0.5) is 0 Å². The molecule has 3 heteroatoms. The summed E-state index contributed by atoms with van der Waals surface area (Å²) in [5.74, 6) is -0.188. The normalized spacial score (nSPS) is 31.1. The largest absolute Gasteiger partial charge is 0.458 e. The zero-order valence-electron chi connectivity index (χ0n) is 13.9. The van der Waals surface area contributed by atoms with Crippen LogP contribution in [0.2, 0.25) is 0 Å². The number of hydrogen-bond donors (Lipinski definition) is 0. The van der Waals surface area contributed by atoms with Crippen molar-refractivity contribution < 1.29 is 14.3 Å². The summed E-state index contributed by atoms with van der Waals surface area (Å²) in [5.41, 5.74) is 1.84. The molecule has 0 unspecified atom stereocenters. The zero-order valence-corrected chi connectivity index (χ0v) is 13.9. The molecule has 3 aliphatic rings. The van der Waals surface area contributed by atoms with E-state index in [4.69, 9.17) is 9.47 Å². The van der Waals surface area contributed by atoms with Gasteiger partial charge in [0.2, 0.25) is 0 Å². The van der Waals surface area contributed by atoms with Gasteiger partial charge in [0.25, 0.3) is 0 Å². The molecule has 0 saturated carbocycles. The maximum Gasteiger partial charge on any atom is 0.313 e. The van der Waals surface area contributed by atoms with E-state index in [1.807, 2.05) is 42.5 Å². The molecule has 2 aromatic rings. The van der Waals surface area contributed by atoms with E-state index in [2.05, 4.69) is 30.3 Å². The number of hydrogen-bond acceptors (Lipinski definition) is 3. The van der Waals surface area contributed by atoms with Crippen molar-refractivity contribution in [1.29, 1.82) is 0 Å². The second-order valence-corrected chi connectivity index (χ2v) is 7.31. The molecule has 3 heterocycles. The fourth-order valence-electron chi connectivity index (χ4n) is 4.81. The van der Waals surface area contributed by atoms with Crippen LogP contribution in [0.15, 0.2) is 72.8 Å². The number of cyclic esters (lactones) is 1. The Kier molecular flexibility index (Phi) is 3.32. The summed E-state index contributed by atoms with van der Waals surface area (Å²) in [7, 11) is 0. The third kappa shape index (κ3) is 2.34. The number of carbonyl (C=O) groups excluding carboxylic acids is 1. The van der Waals surface area contributed by atoms with Gasteiger partial charge in [-0.3, -0.25) is 4.79 Å². The first-order chi connectivity index (χ1) is 12.3. The highest BCUT2D eigenvalue weighted by Crippen LogP contribution is 2.53. The van der Waals surface area contributed by atoms with Gasteiger partial charge in [-0.2, -0.15) is 0 Å². The van der Waals surface area contributed by atoms with Gasteiger partial charge in [0.1, 0.15) is 5.60 Å². The molecule has 2 aromatic carbocycles. The van der Waals surface area contributed by atoms with E-state index in [1.54, 1.807) is 0 Å². The van der Waals surface area contributed by atoms with Gasteiger partial charge in [0, 0.05) is 18.8 Å². The fourth-order valence-corrected chi connectivity index (χ4v) is 4.81. The first-order valence-electron chi connectivity index (χ1n) is 8.90. The maximum atomic E-state index is 12.7. The topological polar surface area (TPSA) is 35.5 Å². The van der Waals surface area contributed by atoms with Crippen molar-refractivity contribution in [3.8, 4) is 0 Å². The summed E-state index contributed by atoms with van der Waals surface area (Å²) in [6.07, 6.45) is 5.43. The lowest BCUT2D eigenvalue weighted by atomic mass is 9.70. The number of rotatable bonds is 4. The van der Waals surface area contributed by atoms with Crippen LogP contribution < -0.4 is 0 Å². The van der Waals surface area contributed by atoms with Crippen molar-refractivity contribution in [2.75, 3.05) is 0 Å². The molecule has 3 aliphatic heterocycles. The lowest BCUT2D eigenvalue weighted by molar-refractivity contribution is -0.155. The van der Waals surface area contributed by atoms with Crippen LogP contribution in [0.3, 0.4) is 0 Å². The molecule has 2 saturated heterocycles. The Morgan fingerprint density at radius 1 is 0.800 bits per heavy atom. The van der Waals surface area contributed by atoms with Crippen LogP contribution in [0.1, 0.15) is 11.1 Å². The van der Waals surface area contributed by atoms with Crippen LogP contribution >= 0.6 is 0 Å². The minimum Gasteiger partial charge on any atom is -0.458 e. The number of fused-ring (bicyclic) bond motifs is 5. The van der Waals surface area contributed by atoms with Gasteiger partial charge in [-0.05, 0) is 11.1 Å². The molecule has 4 atom stereocenters. The number of esters is 1. The minimum atomic E-state index is -0.547. The average Bonchev–Trinajstić information content (AvgIpc) is 3.31. The maximum absolute atomic E-state index is 12.7. The summed E-state index contributed by atoms with van der Waals surface area (Å²) in [5, 5.41) is 0. The van der Waals surface area contributed by atoms with Crippen molar-refractivity contribution in [2.24, 2.45) is 11.8 Å². The average molecular weight is 332 g/mol.